The number of nitriles is 1. The van der Waals surface area contributed by atoms with Crippen LogP contribution in [0.25, 0.3) is 16.4 Å². The molecule has 2 heterocycles. The van der Waals surface area contributed by atoms with E-state index in [9.17, 15) is 14.0 Å². The number of amides is 1. The lowest BCUT2D eigenvalue weighted by atomic mass is 10.1. The molecule has 0 unspecified atom stereocenters. The van der Waals surface area contributed by atoms with Crippen LogP contribution in [0, 0.1) is 17.1 Å². The zero-order chi connectivity index (χ0) is 23.2. The standard InChI is InChI=1S/C23H16FN5O3S/c24-16-5-9-18(10-6-16)29-22(19-2-1-13-33-19)27-21(28-29)23(31)32-14-20(30)26-17-7-3-15(4-8-17)11-12-25/h1-10,13H,11,14H2,(H,26,30). The van der Waals surface area contributed by atoms with Gasteiger partial charge in [-0.3, -0.25) is 4.79 Å². The molecular weight excluding hydrogens is 445 g/mol. The Labute approximate surface area is 191 Å². The van der Waals surface area contributed by atoms with Crippen LogP contribution in [0.2, 0.25) is 0 Å². The average molecular weight is 461 g/mol. The summed E-state index contributed by atoms with van der Waals surface area (Å²) in [6.07, 6.45) is 0.275. The molecule has 0 saturated carbocycles. The molecule has 164 valence electrons. The van der Waals surface area contributed by atoms with Crippen LogP contribution in [-0.2, 0) is 16.0 Å². The highest BCUT2D eigenvalue weighted by molar-refractivity contribution is 7.13. The fourth-order valence-electron chi connectivity index (χ4n) is 2.92. The number of ether oxygens (including phenoxy) is 1. The van der Waals surface area contributed by atoms with E-state index in [1.54, 1.807) is 24.3 Å². The first-order chi connectivity index (χ1) is 16.0. The Kier molecular flexibility index (Phi) is 6.52. The quantitative estimate of drug-likeness (QED) is 0.417. The number of halogens is 1. The molecule has 10 heteroatoms. The third kappa shape index (κ3) is 5.28. The van der Waals surface area contributed by atoms with E-state index in [0.717, 1.165) is 10.4 Å². The first-order valence-electron chi connectivity index (χ1n) is 9.73. The molecule has 0 fully saturated rings. The van der Waals surface area contributed by atoms with Crippen molar-refractivity contribution in [3.8, 4) is 22.5 Å². The van der Waals surface area contributed by atoms with Crippen molar-refractivity contribution in [1.82, 2.24) is 14.8 Å². The van der Waals surface area contributed by atoms with E-state index in [2.05, 4.69) is 15.4 Å². The molecule has 33 heavy (non-hydrogen) atoms. The van der Waals surface area contributed by atoms with E-state index in [4.69, 9.17) is 10.00 Å². The lowest BCUT2D eigenvalue weighted by Gasteiger charge is -2.06. The number of hydrogen-bond acceptors (Lipinski definition) is 7. The third-order valence-corrected chi connectivity index (χ3v) is 5.32. The van der Waals surface area contributed by atoms with Gasteiger partial charge in [0.15, 0.2) is 12.4 Å². The summed E-state index contributed by atoms with van der Waals surface area (Å²) in [6.45, 7) is -0.530. The van der Waals surface area contributed by atoms with Crippen molar-refractivity contribution in [2.45, 2.75) is 6.42 Å². The minimum absolute atomic E-state index is 0.226. The van der Waals surface area contributed by atoms with Crippen molar-refractivity contribution < 1.29 is 18.7 Å². The molecule has 4 rings (SSSR count). The second-order valence-corrected chi connectivity index (χ2v) is 7.73. The lowest BCUT2D eigenvalue weighted by Crippen LogP contribution is -2.21. The van der Waals surface area contributed by atoms with Gasteiger partial charge in [-0.05, 0) is 53.4 Å². The van der Waals surface area contributed by atoms with Gasteiger partial charge in [-0.1, -0.05) is 18.2 Å². The monoisotopic (exact) mass is 461 g/mol. The van der Waals surface area contributed by atoms with E-state index in [1.165, 1.54) is 40.3 Å². The first-order valence-corrected chi connectivity index (χ1v) is 10.6. The lowest BCUT2D eigenvalue weighted by molar-refractivity contribution is -0.119. The predicted octanol–water partition coefficient (Wildman–Crippen LogP) is 4.00. The molecule has 0 aliphatic heterocycles. The van der Waals surface area contributed by atoms with E-state index in [-0.39, 0.29) is 12.2 Å². The summed E-state index contributed by atoms with van der Waals surface area (Å²) in [5.74, 6) is -1.63. The number of benzene rings is 2. The normalized spacial score (nSPS) is 10.4. The summed E-state index contributed by atoms with van der Waals surface area (Å²) < 4.78 is 19.8. The maximum Gasteiger partial charge on any atom is 0.378 e. The topological polar surface area (TPSA) is 110 Å². The van der Waals surface area contributed by atoms with Crippen molar-refractivity contribution in [3.05, 3.63) is 83.2 Å². The highest BCUT2D eigenvalue weighted by Gasteiger charge is 2.21. The van der Waals surface area contributed by atoms with Crippen molar-refractivity contribution >= 4 is 28.9 Å². The molecule has 2 aromatic heterocycles. The van der Waals surface area contributed by atoms with Gasteiger partial charge < -0.3 is 10.1 Å². The summed E-state index contributed by atoms with van der Waals surface area (Å²) in [4.78, 5) is 29.7. The molecule has 0 atom stereocenters. The van der Waals surface area contributed by atoms with Crippen LogP contribution < -0.4 is 5.32 Å². The Bertz CT molecular complexity index is 1310. The summed E-state index contributed by atoms with van der Waals surface area (Å²) in [6, 6.07) is 18.1. The first kappa shape index (κ1) is 21.9. The highest BCUT2D eigenvalue weighted by Crippen LogP contribution is 2.26. The van der Waals surface area contributed by atoms with Crippen LogP contribution in [0.1, 0.15) is 16.2 Å². The fourth-order valence-corrected chi connectivity index (χ4v) is 3.61. The number of rotatable bonds is 7. The molecule has 4 aromatic rings. The van der Waals surface area contributed by atoms with Gasteiger partial charge in [0, 0.05) is 5.69 Å². The Morgan fingerprint density at radius 1 is 1.12 bits per heavy atom. The number of aromatic nitrogens is 3. The summed E-state index contributed by atoms with van der Waals surface area (Å²) >= 11 is 1.41. The Balaban J connectivity index is 1.45. The predicted molar refractivity (Wildman–Crippen MR) is 119 cm³/mol. The average Bonchev–Trinajstić information content (AvgIpc) is 3.50. The number of anilines is 1. The Morgan fingerprint density at radius 3 is 2.55 bits per heavy atom. The third-order valence-electron chi connectivity index (χ3n) is 4.46. The van der Waals surface area contributed by atoms with Gasteiger partial charge in [-0.15, -0.1) is 16.4 Å². The molecular formula is C23H16FN5O3S. The fraction of sp³-hybridized carbons (Fsp3) is 0.0870. The summed E-state index contributed by atoms with van der Waals surface area (Å²) in [5, 5.41) is 17.4. The van der Waals surface area contributed by atoms with Gasteiger partial charge in [0.05, 0.1) is 23.1 Å². The minimum atomic E-state index is -0.867. The maximum atomic E-state index is 13.3. The zero-order valence-corrected chi connectivity index (χ0v) is 17.9. The molecule has 0 radical (unpaired) electrons. The number of nitrogens with one attached hydrogen (secondary N) is 1. The zero-order valence-electron chi connectivity index (χ0n) is 17.1. The van der Waals surface area contributed by atoms with E-state index >= 15 is 0 Å². The van der Waals surface area contributed by atoms with Crippen LogP contribution in [-0.4, -0.2) is 33.2 Å². The summed E-state index contributed by atoms with van der Waals surface area (Å²) in [7, 11) is 0. The molecule has 0 aliphatic carbocycles. The Hall–Kier alpha value is -4.36. The molecule has 2 aromatic carbocycles. The van der Waals surface area contributed by atoms with Crippen molar-refractivity contribution in [2.75, 3.05) is 11.9 Å². The molecule has 0 saturated heterocycles. The smallest absolute Gasteiger partial charge is 0.378 e. The number of thiophene rings is 1. The van der Waals surface area contributed by atoms with Crippen molar-refractivity contribution in [2.24, 2.45) is 0 Å². The Morgan fingerprint density at radius 2 is 1.88 bits per heavy atom. The van der Waals surface area contributed by atoms with Gasteiger partial charge in [-0.25, -0.2) is 13.9 Å². The number of nitrogens with zero attached hydrogens (tertiary/aromatic N) is 4. The van der Waals surface area contributed by atoms with Crippen LogP contribution in [0.5, 0.6) is 0 Å². The molecule has 0 spiro atoms. The summed E-state index contributed by atoms with van der Waals surface area (Å²) in [5.41, 5.74) is 1.85. The van der Waals surface area contributed by atoms with Gasteiger partial charge in [0.1, 0.15) is 5.82 Å². The van der Waals surface area contributed by atoms with Crippen LogP contribution in [0.3, 0.4) is 0 Å². The molecule has 1 N–H and O–H groups in total. The van der Waals surface area contributed by atoms with Gasteiger partial charge in [-0.2, -0.15) is 10.2 Å². The SMILES string of the molecule is N#CCc1ccc(NC(=O)COC(=O)c2nc(-c3cccs3)n(-c3ccc(F)cc3)n2)cc1. The van der Waals surface area contributed by atoms with Gasteiger partial charge in [0.25, 0.3) is 11.7 Å². The molecule has 0 aliphatic rings. The second-order valence-electron chi connectivity index (χ2n) is 6.78. The van der Waals surface area contributed by atoms with Crippen molar-refractivity contribution in [3.63, 3.8) is 0 Å². The van der Waals surface area contributed by atoms with Gasteiger partial charge >= 0.3 is 5.97 Å². The van der Waals surface area contributed by atoms with Crippen LogP contribution >= 0.6 is 11.3 Å². The van der Waals surface area contributed by atoms with Gasteiger partial charge in [0.2, 0.25) is 0 Å². The molecule has 1 amide bonds. The second kappa shape index (κ2) is 9.84. The number of esters is 1. The molecule has 0 bridgehead atoms. The van der Waals surface area contributed by atoms with Crippen LogP contribution in [0.15, 0.2) is 66.0 Å². The minimum Gasteiger partial charge on any atom is -0.450 e. The van der Waals surface area contributed by atoms with E-state index < -0.39 is 24.3 Å². The maximum absolute atomic E-state index is 13.3. The van der Waals surface area contributed by atoms with E-state index in [1.807, 2.05) is 23.6 Å². The highest BCUT2D eigenvalue weighted by atomic mass is 32.1. The number of hydrogen-bond donors (Lipinski definition) is 1. The molecule has 8 nitrogen and oxygen atoms in total. The largest absolute Gasteiger partial charge is 0.450 e. The van der Waals surface area contributed by atoms with Crippen molar-refractivity contribution in [1.29, 1.82) is 5.26 Å². The van der Waals surface area contributed by atoms with Crippen LogP contribution in [0.4, 0.5) is 10.1 Å². The van der Waals surface area contributed by atoms with E-state index in [0.29, 0.717) is 17.2 Å². The number of carbonyl (C=O) groups excluding carboxylic acids is 2. The number of carbonyl (C=O) groups is 2.